The van der Waals surface area contributed by atoms with Gasteiger partial charge in [0.05, 0.1) is 0 Å². The molecule has 3 rings (SSSR count). The van der Waals surface area contributed by atoms with Gasteiger partial charge in [-0.3, -0.25) is 0 Å². The Morgan fingerprint density at radius 1 is 1.21 bits per heavy atom. The molecular weight excluding hydrogens is 298 g/mol. The lowest BCUT2D eigenvalue weighted by Crippen LogP contribution is -2.43. The maximum absolute atomic E-state index is 3.81. The molecule has 1 heterocycles. The summed E-state index contributed by atoms with van der Waals surface area (Å²) in [5.41, 5.74) is 3.53. The Balaban J connectivity index is 1.82. The van der Waals surface area contributed by atoms with E-state index in [1.807, 2.05) is 0 Å². The summed E-state index contributed by atoms with van der Waals surface area (Å²) in [5, 5.41) is 1.16. The highest BCUT2D eigenvalue weighted by Gasteiger charge is 2.36. The number of nitrogens with zero attached hydrogens (tertiary/aromatic N) is 1. The van der Waals surface area contributed by atoms with Crippen LogP contribution in [0.3, 0.4) is 0 Å². The molecule has 0 amide bonds. The third kappa shape index (κ3) is 2.56. The number of hydrogen-bond donors (Lipinski definition) is 0. The van der Waals surface area contributed by atoms with Crippen molar-refractivity contribution < 1.29 is 0 Å². The lowest BCUT2D eigenvalue weighted by Gasteiger charge is -2.41. The lowest BCUT2D eigenvalue weighted by atomic mass is 9.75. The van der Waals surface area contributed by atoms with E-state index in [0.717, 1.165) is 5.33 Å². The third-order valence-electron chi connectivity index (χ3n) is 5.05. The molecule has 0 aromatic heterocycles. The summed E-state index contributed by atoms with van der Waals surface area (Å²) in [5.74, 6) is 0. The van der Waals surface area contributed by atoms with Crippen molar-refractivity contribution in [2.45, 2.75) is 51.5 Å². The van der Waals surface area contributed by atoms with Crippen LogP contribution < -0.4 is 4.90 Å². The molecule has 1 atom stereocenters. The van der Waals surface area contributed by atoms with Crippen LogP contribution in [0.4, 0.5) is 5.69 Å². The second-order valence-electron chi connectivity index (χ2n) is 6.50. The third-order valence-corrected chi connectivity index (χ3v) is 6.24. The van der Waals surface area contributed by atoms with Gasteiger partial charge in [-0.1, -0.05) is 53.4 Å². The highest BCUT2D eigenvalue weighted by Crippen LogP contribution is 2.42. The standard InChI is InChI=1S/C17H24BrN/c1-14-11-15-7-3-4-8-16(15)19(14)13-17(12-18)9-5-2-6-10-17/h3-4,7-8,14H,2,5-6,9-13H2,1H3. The summed E-state index contributed by atoms with van der Waals surface area (Å²) in [4.78, 5) is 2.67. The average molecular weight is 322 g/mol. The van der Waals surface area contributed by atoms with Crippen LogP contribution in [0.25, 0.3) is 0 Å². The molecule has 0 saturated heterocycles. The molecule has 1 aliphatic heterocycles. The molecule has 2 heteroatoms. The van der Waals surface area contributed by atoms with Crippen LogP contribution in [0.15, 0.2) is 24.3 Å². The first-order valence-electron chi connectivity index (χ1n) is 7.65. The average Bonchev–Trinajstić information content (AvgIpc) is 2.76. The van der Waals surface area contributed by atoms with E-state index < -0.39 is 0 Å². The zero-order valence-electron chi connectivity index (χ0n) is 11.9. The maximum atomic E-state index is 3.81. The number of fused-ring (bicyclic) bond motifs is 1. The Morgan fingerprint density at radius 2 is 1.95 bits per heavy atom. The first kappa shape index (κ1) is 13.5. The van der Waals surface area contributed by atoms with Gasteiger partial charge in [-0.15, -0.1) is 0 Å². The predicted molar refractivity (Wildman–Crippen MR) is 86.3 cm³/mol. The van der Waals surface area contributed by atoms with E-state index >= 15 is 0 Å². The number of hydrogen-bond acceptors (Lipinski definition) is 1. The highest BCUT2D eigenvalue weighted by atomic mass is 79.9. The number of anilines is 1. The molecule has 1 aromatic rings. The zero-order chi connectivity index (χ0) is 13.3. The van der Waals surface area contributed by atoms with Crippen LogP contribution in [-0.4, -0.2) is 17.9 Å². The van der Waals surface area contributed by atoms with Crippen molar-refractivity contribution in [1.82, 2.24) is 0 Å². The van der Waals surface area contributed by atoms with Gasteiger partial charge in [0, 0.05) is 23.6 Å². The van der Waals surface area contributed by atoms with Crippen LogP contribution in [0.5, 0.6) is 0 Å². The Kier molecular flexibility index (Phi) is 3.88. The van der Waals surface area contributed by atoms with E-state index in [0.29, 0.717) is 11.5 Å². The quantitative estimate of drug-likeness (QED) is 0.724. The fourth-order valence-electron chi connectivity index (χ4n) is 3.87. The second kappa shape index (κ2) is 5.47. The number of rotatable bonds is 3. The van der Waals surface area contributed by atoms with Crippen LogP contribution in [0, 0.1) is 5.41 Å². The van der Waals surface area contributed by atoms with Gasteiger partial charge >= 0.3 is 0 Å². The Morgan fingerprint density at radius 3 is 2.68 bits per heavy atom. The molecule has 0 radical (unpaired) electrons. The van der Waals surface area contributed by atoms with Crippen molar-refractivity contribution in [3.63, 3.8) is 0 Å². The molecule has 0 bridgehead atoms. The summed E-state index contributed by atoms with van der Waals surface area (Å²) < 4.78 is 0. The number of halogens is 1. The van der Waals surface area contributed by atoms with E-state index in [4.69, 9.17) is 0 Å². The summed E-state index contributed by atoms with van der Waals surface area (Å²) in [7, 11) is 0. The largest absolute Gasteiger partial charge is 0.368 e. The summed E-state index contributed by atoms with van der Waals surface area (Å²) in [6, 6.07) is 9.63. The molecule has 1 aliphatic carbocycles. The monoisotopic (exact) mass is 321 g/mol. The van der Waals surface area contributed by atoms with E-state index in [-0.39, 0.29) is 0 Å². The fourth-order valence-corrected chi connectivity index (χ4v) is 4.61. The van der Waals surface area contributed by atoms with E-state index in [1.165, 1.54) is 56.3 Å². The molecule has 0 spiro atoms. The molecule has 1 unspecified atom stereocenters. The van der Waals surface area contributed by atoms with Gasteiger partial charge in [0.1, 0.15) is 0 Å². The van der Waals surface area contributed by atoms with Crippen molar-refractivity contribution in [2.75, 3.05) is 16.8 Å². The molecule has 104 valence electrons. The molecule has 1 saturated carbocycles. The maximum Gasteiger partial charge on any atom is 0.0402 e. The van der Waals surface area contributed by atoms with Crippen molar-refractivity contribution in [2.24, 2.45) is 5.41 Å². The van der Waals surface area contributed by atoms with Crippen molar-refractivity contribution in [1.29, 1.82) is 0 Å². The van der Waals surface area contributed by atoms with Crippen molar-refractivity contribution in [3.8, 4) is 0 Å². The van der Waals surface area contributed by atoms with Gasteiger partial charge in [-0.05, 0) is 43.2 Å². The topological polar surface area (TPSA) is 3.24 Å². The first-order chi connectivity index (χ1) is 9.24. The van der Waals surface area contributed by atoms with Crippen LogP contribution >= 0.6 is 15.9 Å². The summed E-state index contributed by atoms with van der Waals surface area (Å²) in [6.45, 7) is 3.61. The van der Waals surface area contributed by atoms with Gasteiger partial charge in [0.25, 0.3) is 0 Å². The SMILES string of the molecule is CC1Cc2ccccc2N1CC1(CBr)CCCCC1. The van der Waals surface area contributed by atoms with Gasteiger partial charge in [-0.25, -0.2) is 0 Å². The molecular formula is C17H24BrN. The van der Waals surface area contributed by atoms with Crippen molar-refractivity contribution >= 4 is 21.6 Å². The first-order valence-corrected chi connectivity index (χ1v) is 8.77. The molecule has 19 heavy (non-hydrogen) atoms. The normalized spacial score (nSPS) is 25.4. The van der Waals surface area contributed by atoms with Gasteiger partial charge < -0.3 is 4.90 Å². The molecule has 1 aromatic carbocycles. The molecule has 2 aliphatic rings. The Bertz CT molecular complexity index is 437. The molecule has 1 fully saturated rings. The number of alkyl halides is 1. The van der Waals surface area contributed by atoms with Gasteiger partial charge in [0.2, 0.25) is 0 Å². The highest BCUT2D eigenvalue weighted by molar-refractivity contribution is 9.09. The number of para-hydroxylation sites is 1. The van der Waals surface area contributed by atoms with Gasteiger partial charge in [0.15, 0.2) is 0 Å². The lowest BCUT2D eigenvalue weighted by molar-refractivity contribution is 0.226. The minimum absolute atomic E-state index is 0.504. The van der Waals surface area contributed by atoms with E-state index in [9.17, 15) is 0 Å². The Labute approximate surface area is 125 Å². The number of benzene rings is 1. The van der Waals surface area contributed by atoms with Crippen molar-refractivity contribution in [3.05, 3.63) is 29.8 Å². The van der Waals surface area contributed by atoms with E-state index in [2.05, 4.69) is 52.0 Å². The van der Waals surface area contributed by atoms with Crippen LogP contribution in [0.2, 0.25) is 0 Å². The second-order valence-corrected chi connectivity index (χ2v) is 7.06. The smallest absolute Gasteiger partial charge is 0.0402 e. The summed E-state index contributed by atoms with van der Waals surface area (Å²) >= 11 is 3.81. The fraction of sp³-hybridized carbons (Fsp3) is 0.647. The minimum atomic E-state index is 0.504. The van der Waals surface area contributed by atoms with Crippen LogP contribution in [-0.2, 0) is 6.42 Å². The predicted octanol–water partition coefficient (Wildman–Crippen LogP) is 4.78. The summed E-state index contributed by atoms with van der Waals surface area (Å²) in [6.07, 6.45) is 8.26. The zero-order valence-corrected chi connectivity index (χ0v) is 13.5. The van der Waals surface area contributed by atoms with Crippen LogP contribution in [0.1, 0.15) is 44.6 Å². The minimum Gasteiger partial charge on any atom is -0.368 e. The van der Waals surface area contributed by atoms with E-state index in [1.54, 1.807) is 0 Å². The van der Waals surface area contributed by atoms with Gasteiger partial charge in [-0.2, -0.15) is 0 Å². The Hall–Kier alpha value is -0.500. The molecule has 1 nitrogen and oxygen atoms in total. The molecule has 0 N–H and O–H groups in total.